The molecule has 4 aromatic carbocycles. The Morgan fingerprint density at radius 2 is 0.783 bits per heavy atom. The van der Waals surface area contributed by atoms with Crippen molar-refractivity contribution >= 4 is 57.6 Å². The zero-order valence-electron chi connectivity index (χ0n) is 67.5. The zero-order chi connectivity index (χ0) is 76.7. The summed E-state index contributed by atoms with van der Waals surface area (Å²) in [6.07, 6.45) is -1.67. The van der Waals surface area contributed by atoms with Gasteiger partial charge in [0.1, 0.15) is 61.0 Å². The van der Waals surface area contributed by atoms with Crippen molar-refractivity contribution < 1.29 is 84.8 Å². The van der Waals surface area contributed by atoms with Gasteiger partial charge in [0, 0.05) is 25.7 Å². The molecule has 8 saturated heterocycles. The lowest BCUT2D eigenvalue weighted by Gasteiger charge is -2.53. The molecule has 0 bridgehead atoms. The third-order valence-electron chi connectivity index (χ3n) is 23.5. The van der Waals surface area contributed by atoms with Crippen molar-refractivity contribution in [1.29, 1.82) is 0 Å². The van der Waals surface area contributed by atoms with Crippen LogP contribution < -0.4 is 20.7 Å². The standard InChI is InChI=1S/C55H74O9Si2.C30H54O9Si/c1-52(2,3)51(56)57-35-34-38-32-33-44-46(59-38)50(64-66(54(7,8)9,42-28-20-14-21-29-42)43-30-22-15-23-31-43)49-48(60-44)47(45(61-49)36-39-37-58-55(10,11)62-39)63-65(53(4,5)6,40-24-16-12-17-25-40)41-26-18-13-19-27-41;1-17(2)40(10,18(3)4)39-25-22(15-20-16-34-30(8,9)38-20)37-26-23(31)24-21(36-27(25)26)12-11-19(35-24)13-14-33-28(32)29(5,6)7/h12-31,38-39,44-50H,32-37H2,1-11H3;17-27,31H,11-16H2,1-10H3/t38-,39?,44+,45-,46+,47+,48+,49-,50+;19-,20?,21+,22-,23-,24+,25+,26+,27+/m11/s1. The second-order valence-electron chi connectivity index (χ2n) is 36.9. The number of aliphatic hydroxyl groups excluding tert-OH is 1. The molecule has 4 aromatic rings. The molecule has 588 valence electrons. The smallest absolute Gasteiger partial charge is 0.311 e. The lowest BCUT2D eigenvalue weighted by molar-refractivity contribution is -0.260. The van der Waals surface area contributed by atoms with E-state index >= 15 is 0 Å². The van der Waals surface area contributed by atoms with Crippen molar-refractivity contribution in [3.05, 3.63) is 121 Å². The van der Waals surface area contributed by atoms with Gasteiger partial charge in [0.15, 0.2) is 19.9 Å². The number of hydrogen-bond acceptors (Lipinski definition) is 18. The zero-order valence-corrected chi connectivity index (χ0v) is 70.5. The van der Waals surface area contributed by atoms with Crippen molar-refractivity contribution in [2.75, 3.05) is 26.4 Å². The number of rotatable bonds is 22. The van der Waals surface area contributed by atoms with E-state index in [1.165, 1.54) is 20.7 Å². The highest BCUT2D eigenvalue weighted by molar-refractivity contribution is 7.00. The molecule has 18 atom stereocenters. The second kappa shape index (κ2) is 32.9. The average Bonchev–Trinajstić information content (AvgIpc) is 1.26. The van der Waals surface area contributed by atoms with E-state index in [0.29, 0.717) is 56.6 Å². The molecule has 8 aliphatic heterocycles. The Morgan fingerprint density at radius 1 is 0.443 bits per heavy atom. The van der Waals surface area contributed by atoms with Gasteiger partial charge in [0.2, 0.25) is 0 Å². The van der Waals surface area contributed by atoms with Gasteiger partial charge in [-0.2, -0.15) is 0 Å². The van der Waals surface area contributed by atoms with Crippen LogP contribution in [0, 0.1) is 10.8 Å². The fourth-order valence-electron chi connectivity index (χ4n) is 17.3. The molecule has 21 heteroatoms. The number of hydrogen-bond donors (Lipinski definition) is 1. The van der Waals surface area contributed by atoms with E-state index in [9.17, 15) is 14.7 Å². The molecule has 8 heterocycles. The number of esters is 2. The summed E-state index contributed by atoms with van der Waals surface area (Å²) in [6, 6.07) is 43.2. The highest BCUT2D eigenvalue weighted by Crippen LogP contribution is 2.51. The molecule has 0 amide bonds. The molecular formula is C85H128O18Si3. The Kier molecular flexibility index (Phi) is 25.7. The van der Waals surface area contributed by atoms with Crippen molar-refractivity contribution in [1.82, 2.24) is 0 Å². The van der Waals surface area contributed by atoms with Crippen LogP contribution in [0.25, 0.3) is 0 Å². The maximum atomic E-state index is 12.9. The minimum atomic E-state index is -3.20. The summed E-state index contributed by atoms with van der Waals surface area (Å²) in [5.74, 6) is -1.78. The summed E-state index contributed by atoms with van der Waals surface area (Å²) in [6.45, 7) is 45.6. The molecular weight excluding hydrogens is 1390 g/mol. The molecule has 12 rings (SSSR count). The fraction of sp³-hybridized carbons (Fsp3) is 0.694. The van der Waals surface area contributed by atoms with Crippen LogP contribution in [-0.2, 0) is 79.7 Å². The fourth-order valence-corrected chi connectivity index (χ4v) is 29.5. The molecule has 0 aromatic heterocycles. The van der Waals surface area contributed by atoms with Crippen molar-refractivity contribution in [3.8, 4) is 0 Å². The van der Waals surface area contributed by atoms with Crippen LogP contribution in [0.1, 0.15) is 190 Å². The molecule has 8 aliphatic rings. The Labute approximate surface area is 636 Å². The van der Waals surface area contributed by atoms with Crippen LogP contribution in [-0.4, -0.2) is 190 Å². The minimum absolute atomic E-state index is 0.114. The molecule has 1 N–H and O–H groups in total. The van der Waals surface area contributed by atoms with E-state index in [0.717, 1.165) is 25.7 Å². The first-order valence-corrected chi connectivity index (χ1v) is 46.0. The minimum Gasteiger partial charge on any atom is -0.465 e. The summed E-state index contributed by atoms with van der Waals surface area (Å²) in [5, 5.41) is 15.7. The predicted molar refractivity (Wildman–Crippen MR) is 417 cm³/mol. The van der Waals surface area contributed by atoms with Gasteiger partial charge in [0.25, 0.3) is 16.6 Å². The maximum Gasteiger partial charge on any atom is 0.311 e. The summed E-state index contributed by atoms with van der Waals surface area (Å²) < 4.78 is 101. The van der Waals surface area contributed by atoms with Gasteiger partial charge in [-0.3, -0.25) is 9.59 Å². The summed E-state index contributed by atoms with van der Waals surface area (Å²) >= 11 is 0. The Balaban J connectivity index is 0.000000239. The highest BCUT2D eigenvalue weighted by Gasteiger charge is 2.66. The van der Waals surface area contributed by atoms with Gasteiger partial charge < -0.3 is 75.2 Å². The third-order valence-corrected chi connectivity index (χ3v) is 38.9. The van der Waals surface area contributed by atoms with Crippen LogP contribution >= 0.6 is 0 Å². The van der Waals surface area contributed by atoms with Crippen LogP contribution in [0.15, 0.2) is 121 Å². The molecule has 0 radical (unpaired) electrons. The van der Waals surface area contributed by atoms with Gasteiger partial charge in [0.05, 0.1) is 86.1 Å². The number of carbonyl (C=O) groups is 2. The normalized spacial score (nSPS) is 31.8. The number of benzene rings is 4. The highest BCUT2D eigenvalue weighted by atomic mass is 28.4. The molecule has 8 fully saturated rings. The Hall–Kier alpha value is -4.09. The van der Waals surface area contributed by atoms with E-state index in [1.807, 2.05) is 69.2 Å². The van der Waals surface area contributed by atoms with Crippen molar-refractivity contribution in [3.63, 3.8) is 0 Å². The number of aliphatic hydroxyl groups is 1. The summed E-state index contributed by atoms with van der Waals surface area (Å²) in [7, 11) is -8.52. The average molecular weight is 1520 g/mol. The Morgan fingerprint density at radius 3 is 1.14 bits per heavy atom. The molecule has 2 unspecified atom stereocenters. The molecule has 0 aliphatic carbocycles. The lowest BCUT2D eigenvalue weighted by atomic mass is 9.88. The lowest BCUT2D eigenvalue weighted by Crippen LogP contribution is -2.73. The van der Waals surface area contributed by atoms with Crippen LogP contribution in [0.5, 0.6) is 0 Å². The van der Waals surface area contributed by atoms with Gasteiger partial charge in [-0.05, 0) is 143 Å². The van der Waals surface area contributed by atoms with Gasteiger partial charge >= 0.3 is 11.9 Å². The largest absolute Gasteiger partial charge is 0.465 e. The van der Waals surface area contributed by atoms with Crippen molar-refractivity contribution in [2.45, 2.75) is 339 Å². The predicted octanol–water partition coefficient (Wildman–Crippen LogP) is 13.2. The molecule has 0 saturated carbocycles. The van der Waals surface area contributed by atoms with E-state index in [4.69, 9.17) is 70.1 Å². The van der Waals surface area contributed by atoms with Gasteiger partial charge in [-0.25, -0.2) is 0 Å². The first-order chi connectivity index (χ1) is 49.7. The summed E-state index contributed by atoms with van der Waals surface area (Å²) in [4.78, 5) is 25.0. The molecule has 106 heavy (non-hydrogen) atoms. The first kappa shape index (κ1) is 82.9. The first-order valence-electron chi connectivity index (χ1n) is 39.6. The second-order valence-corrected chi connectivity index (χ2v) is 50.4. The SMILES string of the molecule is CC(C)[Si](C)(O[C@@H]1[C@@H]2O[C@H]3CC[C@H](CCOC(=O)C(C)(C)C)O[C@@H]3[C@@H](O)[C@@H]2O[C@@H]1CC1COC(C)(C)O1)C(C)C.CC1(C)OCC(C[C@H]2O[C@H]3[C@@H](O[Si](c4ccccc4)(c4ccccc4)C(C)(C)C)[C@H]4O[C@@H](CCOC(=O)C(C)(C)C)CC[C@@H]4O[C@H]3[C@H]2O[Si](c2ccccc2)(c2ccccc2)C(C)(C)C)O1. The van der Waals surface area contributed by atoms with Crippen LogP contribution in [0.2, 0.25) is 27.7 Å². The van der Waals surface area contributed by atoms with E-state index in [1.54, 1.807) is 0 Å². The topological polar surface area (TPSA) is 193 Å². The maximum absolute atomic E-state index is 12.9. The Bertz CT molecular complexity index is 3390. The quantitative estimate of drug-likeness (QED) is 0.0576. The van der Waals surface area contributed by atoms with Gasteiger partial charge in [-0.1, -0.05) is 191 Å². The van der Waals surface area contributed by atoms with Gasteiger partial charge in [-0.15, -0.1) is 0 Å². The van der Waals surface area contributed by atoms with Crippen LogP contribution in [0.3, 0.4) is 0 Å². The monoisotopic (exact) mass is 1520 g/mol. The van der Waals surface area contributed by atoms with E-state index in [2.05, 4.69) is 197 Å². The van der Waals surface area contributed by atoms with E-state index < -0.39 is 102 Å². The number of fused-ring (bicyclic) bond motifs is 4. The molecule has 0 spiro atoms. The molecule has 18 nitrogen and oxygen atoms in total. The van der Waals surface area contributed by atoms with E-state index in [-0.39, 0.29) is 83.6 Å². The summed E-state index contributed by atoms with van der Waals surface area (Å²) in [5.41, 5.74) is -0.311. The van der Waals surface area contributed by atoms with Crippen LogP contribution in [0.4, 0.5) is 0 Å². The third kappa shape index (κ3) is 18.0. The number of ether oxygens (including phenoxy) is 12. The number of carbonyl (C=O) groups excluding carboxylic acids is 2. The van der Waals surface area contributed by atoms with Crippen molar-refractivity contribution in [2.24, 2.45) is 10.8 Å².